The van der Waals surface area contributed by atoms with Crippen LogP contribution in [0.4, 0.5) is 18.9 Å². The first-order valence-electron chi connectivity index (χ1n) is 9.89. The number of carbonyl (C=O) groups is 1. The van der Waals surface area contributed by atoms with Crippen LogP contribution in [-0.2, 0) is 11.3 Å². The van der Waals surface area contributed by atoms with Crippen molar-refractivity contribution in [3.8, 4) is 0 Å². The molecule has 0 saturated carbocycles. The monoisotopic (exact) mass is 584 g/mol. The third kappa shape index (κ3) is 6.80. The van der Waals surface area contributed by atoms with Crippen molar-refractivity contribution in [3.63, 3.8) is 0 Å². The molecule has 33 heavy (non-hydrogen) atoms. The number of carboxylic acids is 1. The minimum atomic E-state index is -5.08. The van der Waals surface area contributed by atoms with Crippen LogP contribution in [0, 0.1) is 0 Å². The van der Waals surface area contributed by atoms with Crippen LogP contribution in [-0.4, -0.2) is 41.4 Å². The molecule has 0 aromatic carbocycles. The summed E-state index contributed by atoms with van der Waals surface area (Å²) in [4.78, 5) is 16.0. The van der Waals surface area contributed by atoms with Crippen molar-refractivity contribution in [1.29, 1.82) is 0 Å². The van der Waals surface area contributed by atoms with Crippen LogP contribution in [0.5, 0.6) is 0 Å². The summed E-state index contributed by atoms with van der Waals surface area (Å²) in [5, 5.41) is 16.7. The van der Waals surface area contributed by atoms with Gasteiger partial charge in [0.15, 0.2) is 0 Å². The lowest BCUT2D eigenvalue weighted by Crippen LogP contribution is -2.28. The first-order chi connectivity index (χ1) is 15.6. The SMILES string of the molecule is N[C@@H]1CCNCC[C@H]1c1sc2c(NCc3cccs3)cc(Cl)nc2c1Br.O=C(O)C(F)(F)F. The maximum Gasteiger partial charge on any atom is 0.490 e. The number of aliphatic carboxylic acids is 1. The summed E-state index contributed by atoms with van der Waals surface area (Å²) < 4.78 is 33.9. The van der Waals surface area contributed by atoms with Gasteiger partial charge in [-0.25, -0.2) is 9.78 Å². The molecule has 4 rings (SSSR count). The summed E-state index contributed by atoms with van der Waals surface area (Å²) in [7, 11) is 0. The summed E-state index contributed by atoms with van der Waals surface area (Å²) in [5.41, 5.74) is 8.44. The van der Waals surface area contributed by atoms with Gasteiger partial charge >= 0.3 is 12.1 Å². The van der Waals surface area contributed by atoms with E-state index in [4.69, 9.17) is 27.2 Å². The lowest BCUT2D eigenvalue weighted by Gasteiger charge is -2.19. The average molecular weight is 586 g/mol. The summed E-state index contributed by atoms with van der Waals surface area (Å²) in [5.74, 6) is -2.42. The Labute approximate surface area is 209 Å². The van der Waals surface area contributed by atoms with Gasteiger partial charge in [0, 0.05) is 34.3 Å². The molecule has 0 bridgehead atoms. The summed E-state index contributed by atoms with van der Waals surface area (Å²) in [6.45, 7) is 2.76. The third-order valence-electron chi connectivity index (χ3n) is 4.99. The number of pyridine rings is 1. The molecule has 3 aromatic rings. The minimum Gasteiger partial charge on any atom is -0.475 e. The van der Waals surface area contributed by atoms with Crippen LogP contribution in [0.2, 0.25) is 5.15 Å². The molecule has 1 aliphatic heterocycles. The molecule has 1 fully saturated rings. The fourth-order valence-electron chi connectivity index (χ4n) is 3.38. The Morgan fingerprint density at radius 2 is 2.09 bits per heavy atom. The zero-order chi connectivity index (χ0) is 24.2. The molecule has 0 amide bonds. The first-order valence-corrected chi connectivity index (χ1v) is 12.8. The maximum absolute atomic E-state index is 10.6. The van der Waals surface area contributed by atoms with Crippen LogP contribution >= 0.6 is 50.2 Å². The van der Waals surface area contributed by atoms with Crippen LogP contribution in [0.15, 0.2) is 28.1 Å². The van der Waals surface area contributed by atoms with Crippen molar-refractivity contribution < 1.29 is 23.1 Å². The van der Waals surface area contributed by atoms with Crippen molar-refractivity contribution in [1.82, 2.24) is 10.3 Å². The maximum atomic E-state index is 10.6. The first kappa shape index (κ1) is 26.2. The summed E-state index contributed by atoms with van der Waals surface area (Å²) in [6, 6.07) is 6.27. The Morgan fingerprint density at radius 1 is 1.39 bits per heavy atom. The van der Waals surface area contributed by atoms with Gasteiger partial charge in [-0.3, -0.25) is 0 Å². The van der Waals surface area contributed by atoms with Gasteiger partial charge in [-0.2, -0.15) is 13.2 Å². The van der Waals surface area contributed by atoms with Crippen molar-refractivity contribution >= 4 is 72.1 Å². The number of nitrogens with two attached hydrogens (primary N) is 1. The fourth-order valence-corrected chi connectivity index (χ4v) is 6.51. The van der Waals surface area contributed by atoms with E-state index >= 15 is 0 Å². The Morgan fingerprint density at radius 3 is 2.73 bits per heavy atom. The molecule has 13 heteroatoms. The number of carboxylic acid groups (broad SMARTS) is 1. The van der Waals surface area contributed by atoms with Gasteiger partial charge in [-0.1, -0.05) is 17.7 Å². The Kier molecular flexibility index (Phi) is 8.98. The zero-order valence-corrected chi connectivity index (χ0v) is 21.1. The highest BCUT2D eigenvalue weighted by molar-refractivity contribution is 9.10. The summed E-state index contributed by atoms with van der Waals surface area (Å²) in [6.07, 6.45) is -3.05. The van der Waals surface area contributed by atoms with E-state index in [1.165, 1.54) is 9.75 Å². The highest BCUT2D eigenvalue weighted by Gasteiger charge is 2.38. The van der Waals surface area contributed by atoms with E-state index in [0.29, 0.717) is 11.1 Å². The van der Waals surface area contributed by atoms with Crippen molar-refractivity contribution in [3.05, 3.63) is 43.0 Å². The van der Waals surface area contributed by atoms with Gasteiger partial charge in [-0.05, 0) is 53.3 Å². The number of hydrogen-bond acceptors (Lipinski definition) is 7. The standard InChI is InChI=1S/C18H20BrClN4S2.C2HF3O2/c19-15-16-18(26-17(15)11-3-5-22-6-4-12(11)21)13(8-14(20)24-16)23-9-10-2-1-7-25-10;3-2(4,5)1(6)7/h1-2,7-8,11-12,22H,3-6,9,21H2,(H,23,24);(H,6,7)/t11-,12-;/m1./s1. The van der Waals surface area contributed by atoms with Gasteiger partial charge in [0.25, 0.3) is 0 Å². The Balaban J connectivity index is 0.000000383. The quantitative estimate of drug-likeness (QED) is 0.288. The van der Waals surface area contributed by atoms with Gasteiger partial charge in [0.05, 0.1) is 20.4 Å². The van der Waals surface area contributed by atoms with Crippen LogP contribution in [0.25, 0.3) is 10.2 Å². The molecule has 2 atom stereocenters. The van der Waals surface area contributed by atoms with Crippen molar-refractivity contribution in [2.24, 2.45) is 5.73 Å². The van der Waals surface area contributed by atoms with E-state index in [1.54, 1.807) is 22.7 Å². The van der Waals surface area contributed by atoms with E-state index in [0.717, 1.165) is 52.9 Å². The van der Waals surface area contributed by atoms with Gasteiger partial charge in [0.1, 0.15) is 5.15 Å². The topological polar surface area (TPSA) is 100 Å². The van der Waals surface area contributed by atoms with Crippen LogP contribution in [0.3, 0.4) is 0 Å². The number of alkyl halides is 3. The van der Waals surface area contributed by atoms with E-state index in [1.807, 2.05) is 6.07 Å². The highest BCUT2D eigenvalue weighted by Crippen LogP contribution is 2.45. The molecule has 180 valence electrons. The molecule has 1 saturated heterocycles. The normalized spacial score (nSPS) is 19.0. The number of anilines is 1. The fraction of sp³-hybridized carbons (Fsp3) is 0.400. The lowest BCUT2D eigenvalue weighted by molar-refractivity contribution is -0.192. The Hall–Kier alpha value is -1.44. The number of hydrogen-bond donors (Lipinski definition) is 4. The molecule has 6 nitrogen and oxygen atoms in total. The van der Waals surface area contributed by atoms with E-state index < -0.39 is 12.1 Å². The summed E-state index contributed by atoms with van der Waals surface area (Å²) >= 11 is 13.6. The molecule has 1 aliphatic rings. The van der Waals surface area contributed by atoms with E-state index in [-0.39, 0.29) is 6.04 Å². The third-order valence-corrected chi connectivity index (χ3v) is 8.47. The van der Waals surface area contributed by atoms with E-state index in [9.17, 15) is 13.2 Å². The van der Waals surface area contributed by atoms with Crippen LogP contribution in [0.1, 0.15) is 28.5 Å². The second kappa shape index (κ2) is 11.3. The van der Waals surface area contributed by atoms with E-state index in [2.05, 4.69) is 49.1 Å². The molecule has 4 heterocycles. The molecule has 0 unspecified atom stereocenters. The molecule has 5 N–H and O–H groups in total. The predicted molar refractivity (Wildman–Crippen MR) is 130 cm³/mol. The number of halogens is 5. The molecule has 0 radical (unpaired) electrons. The lowest BCUT2D eigenvalue weighted by atomic mass is 9.94. The van der Waals surface area contributed by atoms with Crippen LogP contribution < -0.4 is 16.4 Å². The average Bonchev–Trinajstić information content (AvgIpc) is 3.31. The number of thiophene rings is 2. The zero-order valence-electron chi connectivity index (χ0n) is 17.1. The molecular weight excluding hydrogens is 565 g/mol. The minimum absolute atomic E-state index is 0.160. The smallest absolute Gasteiger partial charge is 0.475 e. The second-order valence-electron chi connectivity index (χ2n) is 7.28. The predicted octanol–water partition coefficient (Wildman–Crippen LogP) is 5.81. The van der Waals surface area contributed by atoms with Gasteiger partial charge in [-0.15, -0.1) is 22.7 Å². The van der Waals surface area contributed by atoms with Crippen molar-refractivity contribution in [2.75, 3.05) is 18.4 Å². The van der Waals surface area contributed by atoms with Gasteiger partial charge in [0.2, 0.25) is 0 Å². The Bertz CT molecular complexity index is 1100. The second-order valence-corrected chi connectivity index (χ2v) is 10.5. The molecule has 0 spiro atoms. The largest absolute Gasteiger partial charge is 0.490 e. The van der Waals surface area contributed by atoms with Crippen molar-refractivity contribution in [2.45, 2.75) is 37.5 Å². The molecule has 0 aliphatic carbocycles. The van der Waals surface area contributed by atoms with Gasteiger partial charge < -0.3 is 21.5 Å². The number of nitrogens with zero attached hydrogens (tertiary/aromatic N) is 1. The number of nitrogens with one attached hydrogen (secondary N) is 2. The number of rotatable bonds is 4. The highest BCUT2D eigenvalue weighted by atomic mass is 79.9. The number of fused-ring (bicyclic) bond motifs is 1. The molecule has 3 aromatic heterocycles. The number of aromatic nitrogens is 1. The molecular formula is C20H21BrClF3N4O2S2.